The molecule has 0 atom stereocenters. The summed E-state index contributed by atoms with van der Waals surface area (Å²) in [6, 6.07) is 76.8. The predicted molar refractivity (Wildman–Crippen MR) is 289 cm³/mol. The van der Waals surface area contributed by atoms with Crippen LogP contribution in [0.5, 0.6) is 0 Å². The van der Waals surface area contributed by atoms with E-state index in [1.54, 1.807) is 11.3 Å². The van der Waals surface area contributed by atoms with Crippen molar-refractivity contribution >= 4 is 105 Å². The summed E-state index contributed by atoms with van der Waals surface area (Å²) in [5.41, 5.74) is 9.71. The fourth-order valence-corrected chi connectivity index (χ4v) is 13.7. The zero-order chi connectivity index (χ0) is 44.0. The van der Waals surface area contributed by atoms with E-state index in [-0.39, 0.29) is 0 Å². The van der Waals surface area contributed by atoms with Gasteiger partial charge in [0, 0.05) is 77.2 Å². The second kappa shape index (κ2) is 15.4. The summed E-state index contributed by atoms with van der Waals surface area (Å²) in [6.07, 6.45) is 0. The fraction of sp³-hybridized carbons (Fsp3) is 0. The van der Waals surface area contributed by atoms with Gasteiger partial charge in [0.05, 0.1) is 0 Å². The van der Waals surface area contributed by atoms with Crippen LogP contribution >= 0.6 is 34.0 Å². The molecule has 0 bridgehead atoms. The van der Waals surface area contributed by atoms with Crippen LogP contribution in [0.15, 0.2) is 212 Å². The Hall–Kier alpha value is -7.87. The Morgan fingerprint density at radius 3 is 1.18 bits per heavy atom. The molecule has 0 spiro atoms. The molecule has 4 aromatic heterocycles. The van der Waals surface area contributed by atoms with Gasteiger partial charge in [0.2, 0.25) is 0 Å². The van der Waals surface area contributed by atoms with Gasteiger partial charge < -0.3 is 0 Å². The van der Waals surface area contributed by atoms with Gasteiger partial charge in [0.1, 0.15) is 0 Å². The molecule has 0 saturated heterocycles. The van der Waals surface area contributed by atoms with Crippen molar-refractivity contribution in [3.8, 4) is 67.5 Å². The van der Waals surface area contributed by atoms with Crippen molar-refractivity contribution in [3.05, 3.63) is 212 Å². The highest BCUT2D eigenvalue weighted by atomic mass is 32.1. The summed E-state index contributed by atoms with van der Waals surface area (Å²) in [7, 11) is 0. The molecule has 0 amide bonds. The molecule has 14 rings (SSSR count). The third-order valence-electron chi connectivity index (χ3n) is 13.2. The average Bonchev–Trinajstić information content (AvgIpc) is 4.10. The molecular weight excluding hydrogens is 871 g/mol. The molecule has 0 aliphatic carbocycles. The molecule has 312 valence electrons. The maximum Gasteiger partial charge on any atom is 0.165 e. The highest BCUT2D eigenvalue weighted by molar-refractivity contribution is 7.27. The highest BCUT2D eigenvalue weighted by Gasteiger charge is 2.22. The van der Waals surface area contributed by atoms with Crippen LogP contribution in [0.25, 0.3) is 139 Å². The van der Waals surface area contributed by atoms with Crippen LogP contribution in [0.3, 0.4) is 0 Å². The third kappa shape index (κ3) is 6.25. The van der Waals surface area contributed by atoms with Crippen LogP contribution in [0.4, 0.5) is 0 Å². The molecule has 3 nitrogen and oxygen atoms in total. The van der Waals surface area contributed by atoms with Crippen LogP contribution in [0.2, 0.25) is 0 Å². The number of thiophene rings is 3. The Kier molecular flexibility index (Phi) is 8.81. The molecule has 0 saturated carbocycles. The van der Waals surface area contributed by atoms with Crippen LogP contribution in [0, 0.1) is 0 Å². The molecule has 6 heteroatoms. The number of fused-ring (bicyclic) bond motifs is 10. The lowest BCUT2D eigenvalue weighted by molar-refractivity contribution is 1.08. The van der Waals surface area contributed by atoms with Gasteiger partial charge in [-0.05, 0) is 86.6 Å². The zero-order valence-corrected chi connectivity index (χ0v) is 38.2. The molecule has 10 aromatic carbocycles. The monoisotopic (exact) mass is 905 g/mol. The van der Waals surface area contributed by atoms with Crippen LogP contribution < -0.4 is 0 Å². The normalized spacial score (nSPS) is 11.9. The van der Waals surface area contributed by atoms with E-state index in [1.165, 1.54) is 77.7 Å². The Labute approximate surface area is 397 Å². The quantitative estimate of drug-likeness (QED) is 0.167. The molecular formula is C61H35N3S3. The SMILES string of the molecule is c1ccc(-c2cccc3ccccc23)c(-c2nc(-c3cc(-c4cccc5c4sc4ccccc45)cc(-c4cccc5c4sc4ccccc45)c3)nc(-c3cccc4c3sc3ccccc34)n2)c1. The largest absolute Gasteiger partial charge is 0.208 e. The first-order chi connectivity index (χ1) is 33.2. The molecule has 4 heterocycles. The van der Waals surface area contributed by atoms with Crippen molar-refractivity contribution in [1.82, 2.24) is 15.0 Å². The van der Waals surface area contributed by atoms with Crippen molar-refractivity contribution in [3.63, 3.8) is 0 Å². The third-order valence-corrected chi connectivity index (χ3v) is 16.8. The minimum atomic E-state index is 0.626. The van der Waals surface area contributed by atoms with E-state index in [0.29, 0.717) is 17.5 Å². The lowest BCUT2D eigenvalue weighted by atomic mass is 9.93. The van der Waals surface area contributed by atoms with E-state index in [4.69, 9.17) is 15.0 Å². The van der Waals surface area contributed by atoms with Gasteiger partial charge in [-0.1, -0.05) is 170 Å². The lowest BCUT2D eigenvalue weighted by Gasteiger charge is -2.15. The molecule has 0 fully saturated rings. The molecule has 0 aliphatic rings. The maximum atomic E-state index is 5.54. The number of aromatic nitrogens is 3. The van der Waals surface area contributed by atoms with E-state index in [0.717, 1.165) is 43.6 Å². The van der Waals surface area contributed by atoms with Crippen LogP contribution in [-0.4, -0.2) is 15.0 Å². The van der Waals surface area contributed by atoms with Crippen molar-refractivity contribution in [2.45, 2.75) is 0 Å². The van der Waals surface area contributed by atoms with Gasteiger partial charge in [0.15, 0.2) is 17.5 Å². The standard InChI is InChI=1S/C61H35N3S3/c1-2-17-40-36(15-1)16-11-25-43(40)44-18-3-4-22-51(44)60-62-59(63-61(64-60)52-29-14-28-50-47-21-7-10-32-55(47)67-58(50)52)39-34-37(41-23-12-26-48-45-19-5-8-30-53(45)65-56(41)48)33-38(35-39)42-24-13-27-49-46-20-6-9-31-54(46)66-57(42)49/h1-35H. The average molecular weight is 906 g/mol. The van der Waals surface area contributed by atoms with Crippen molar-refractivity contribution in [2.75, 3.05) is 0 Å². The van der Waals surface area contributed by atoms with Crippen molar-refractivity contribution in [2.24, 2.45) is 0 Å². The summed E-state index contributed by atoms with van der Waals surface area (Å²) < 4.78 is 7.50. The summed E-state index contributed by atoms with van der Waals surface area (Å²) in [6.45, 7) is 0. The maximum absolute atomic E-state index is 5.54. The minimum absolute atomic E-state index is 0.626. The number of nitrogens with zero attached hydrogens (tertiary/aromatic N) is 3. The number of benzene rings is 10. The second-order valence-electron chi connectivity index (χ2n) is 17.0. The summed E-state index contributed by atoms with van der Waals surface area (Å²) >= 11 is 5.51. The molecule has 67 heavy (non-hydrogen) atoms. The number of hydrogen-bond acceptors (Lipinski definition) is 6. The van der Waals surface area contributed by atoms with Crippen molar-refractivity contribution < 1.29 is 0 Å². The number of rotatable bonds is 6. The van der Waals surface area contributed by atoms with E-state index >= 15 is 0 Å². The Balaban J connectivity index is 1.06. The van der Waals surface area contributed by atoms with Gasteiger partial charge in [-0.2, -0.15) is 0 Å². The summed E-state index contributed by atoms with van der Waals surface area (Å²) in [5, 5.41) is 9.91. The highest BCUT2D eigenvalue weighted by Crippen LogP contribution is 2.46. The number of hydrogen-bond donors (Lipinski definition) is 0. The summed E-state index contributed by atoms with van der Waals surface area (Å²) in [5.74, 6) is 1.91. The van der Waals surface area contributed by atoms with Gasteiger partial charge in [-0.25, -0.2) is 15.0 Å². The Bertz CT molecular complexity index is 4170. The van der Waals surface area contributed by atoms with Crippen molar-refractivity contribution in [1.29, 1.82) is 0 Å². The Morgan fingerprint density at radius 1 is 0.239 bits per heavy atom. The molecule has 14 aromatic rings. The van der Waals surface area contributed by atoms with E-state index in [1.807, 2.05) is 22.7 Å². The molecule has 0 aliphatic heterocycles. The van der Waals surface area contributed by atoms with E-state index < -0.39 is 0 Å². The molecule has 0 unspecified atom stereocenters. The van der Waals surface area contributed by atoms with Gasteiger partial charge >= 0.3 is 0 Å². The molecule has 0 N–H and O–H groups in total. The van der Waals surface area contributed by atoms with Gasteiger partial charge in [-0.3, -0.25) is 0 Å². The van der Waals surface area contributed by atoms with Crippen LogP contribution in [-0.2, 0) is 0 Å². The first-order valence-electron chi connectivity index (χ1n) is 22.4. The van der Waals surface area contributed by atoms with Gasteiger partial charge in [-0.15, -0.1) is 34.0 Å². The van der Waals surface area contributed by atoms with E-state index in [2.05, 4.69) is 212 Å². The second-order valence-corrected chi connectivity index (χ2v) is 20.2. The zero-order valence-electron chi connectivity index (χ0n) is 35.8. The van der Waals surface area contributed by atoms with E-state index in [9.17, 15) is 0 Å². The van der Waals surface area contributed by atoms with Crippen LogP contribution in [0.1, 0.15) is 0 Å². The topological polar surface area (TPSA) is 38.7 Å². The summed E-state index contributed by atoms with van der Waals surface area (Å²) in [4.78, 5) is 16.5. The smallest absolute Gasteiger partial charge is 0.165 e. The Morgan fingerprint density at radius 2 is 0.597 bits per heavy atom. The minimum Gasteiger partial charge on any atom is -0.208 e. The predicted octanol–water partition coefficient (Wildman–Crippen LogP) is 18.1. The lowest BCUT2D eigenvalue weighted by Crippen LogP contribution is -2.02. The van der Waals surface area contributed by atoms with Gasteiger partial charge in [0.25, 0.3) is 0 Å². The fourth-order valence-electron chi connectivity index (χ4n) is 10.1. The molecule has 0 radical (unpaired) electrons. The first-order valence-corrected chi connectivity index (χ1v) is 24.9. The first kappa shape index (κ1) is 38.4.